The quantitative estimate of drug-likeness (QED) is 0.454. The number of ketones is 3. The van der Waals surface area contributed by atoms with Crippen LogP contribution in [0.3, 0.4) is 0 Å². The lowest BCUT2D eigenvalue weighted by Gasteiger charge is -2.01. The van der Waals surface area contributed by atoms with Crippen LogP contribution in [0.1, 0.15) is 30.0 Å². The second kappa shape index (κ2) is 6.05. The van der Waals surface area contributed by atoms with Gasteiger partial charge in [0.05, 0.1) is 6.42 Å². The molecule has 0 amide bonds. The van der Waals surface area contributed by atoms with Crippen molar-refractivity contribution in [2.45, 2.75) is 27.2 Å². The standard InChI is InChI=1S/C15H16O3/c1-10-4-5-11(2)13(8-10)6-7-14(17)9-15(18)12(3)16/h4-8H,9H2,1-3H3/b7-6+. The summed E-state index contributed by atoms with van der Waals surface area (Å²) in [4.78, 5) is 33.3. The molecule has 0 unspecified atom stereocenters. The Hall–Kier alpha value is -2.03. The minimum absolute atomic E-state index is 0.350. The monoisotopic (exact) mass is 244 g/mol. The highest BCUT2D eigenvalue weighted by Crippen LogP contribution is 2.12. The largest absolute Gasteiger partial charge is 0.294 e. The molecule has 94 valence electrons. The molecule has 1 rings (SSSR count). The van der Waals surface area contributed by atoms with Gasteiger partial charge in [0.15, 0.2) is 11.6 Å². The Labute approximate surface area is 107 Å². The molecule has 0 saturated carbocycles. The zero-order valence-corrected chi connectivity index (χ0v) is 10.8. The van der Waals surface area contributed by atoms with Crippen molar-refractivity contribution in [3.05, 3.63) is 41.0 Å². The van der Waals surface area contributed by atoms with E-state index in [-0.39, 0.29) is 12.2 Å². The molecule has 0 radical (unpaired) electrons. The Morgan fingerprint density at radius 3 is 2.44 bits per heavy atom. The highest BCUT2D eigenvalue weighted by Gasteiger charge is 2.11. The van der Waals surface area contributed by atoms with Gasteiger partial charge in [-0.15, -0.1) is 0 Å². The van der Waals surface area contributed by atoms with E-state index in [4.69, 9.17) is 0 Å². The number of hydrogen-bond acceptors (Lipinski definition) is 3. The summed E-state index contributed by atoms with van der Waals surface area (Å²) < 4.78 is 0. The number of carbonyl (C=O) groups excluding carboxylic acids is 3. The molecule has 0 bridgehead atoms. The van der Waals surface area contributed by atoms with Crippen molar-refractivity contribution >= 4 is 23.4 Å². The van der Waals surface area contributed by atoms with Crippen molar-refractivity contribution in [1.82, 2.24) is 0 Å². The lowest BCUT2D eigenvalue weighted by molar-refractivity contribution is -0.137. The van der Waals surface area contributed by atoms with Crippen LogP contribution in [0, 0.1) is 13.8 Å². The summed E-state index contributed by atoms with van der Waals surface area (Å²) in [6.07, 6.45) is 2.68. The fourth-order valence-electron chi connectivity index (χ4n) is 1.46. The molecule has 0 aliphatic carbocycles. The first-order chi connectivity index (χ1) is 8.40. The SMILES string of the molecule is CC(=O)C(=O)CC(=O)/C=C/c1cc(C)ccc1C. The van der Waals surface area contributed by atoms with Crippen molar-refractivity contribution < 1.29 is 14.4 Å². The van der Waals surface area contributed by atoms with Gasteiger partial charge >= 0.3 is 0 Å². The van der Waals surface area contributed by atoms with E-state index < -0.39 is 11.6 Å². The van der Waals surface area contributed by atoms with E-state index in [1.165, 1.54) is 13.0 Å². The summed E-state index contributed by atoms with van der Waals surface area (Å²) >= 11 is 0. The molecule has 3 nitrogen and oxygen atoms in total. The molecule has 0 heterocycles. The van der Waals surface area contributed by atoms with E-state index >= 15 is 0 Å². The van der Waals surface area contributed by atoms with Gasteiger partial charge in [0.2, 0.25) is 5.78 Å². The summed E-state index contributed by atoms with van der Waals surface area (Å²) in [5, 5.41) is 0. The predicted octanol–water partition coefficient (Wildman–Crippen LogP) is 2.43. The average Bonchev–Trinajstić information content (AvgIpc) is 2.30. The minimum Gasteiger partial charge on any atom is -0.294 e. The fraction of sp³-hybridized carbons (Fsp3) is 0.267. The first-order valence-electron chi connectivity index (χ1n) is 5.72. The van der Waals surface area contributed by atoms with Crippen molar-refractivity contribution in [2.24, 2.45) is 0 Å². The maximum atomic E-state index is 11.5. The Kier molecular flexibility index (Phi) is 4.72. The van der Waals surface area contributed by atoms with Gasteiger partial charge in [-0.1, -0.05) is 29.8 Å². The molecule has 0 aliphatic heterocycles. The number of allylic oxidation sites excluding steroid dienone is 1. The molecule has 3 heteroatoms. The summed E-state index contributed by atoms with van der Waals surface area (Å²) in [5.74, 6) is -1.58. The summed E-state index contributed by atoms with van der Waals surface area (Å²) in [6.45, 7) is 5.09. The Morgan fingerprint density at radius 1 is 1.17 bits per heavy atom. The van der Waals surface area contributed by atoms with Crippen LogP contribution in [0.5, 0.6) is 0 Å². The number of benzene rings is 1. The molecule has 0 aromatic heterocycles. The second-order valence-electron chi connectivity index (χ2n) is 4.32. The third-order valence-electron chi connectivity index (χ3n) is 2.61. The van der Waals surface area contributed by atoms with E-state index in [0.29, 0.717) is 0 Å². The molecule has 0 spiro atoms. The second-order valence-corrected chi connectivity index (χ2v) is 4.32. The smallest absolute Gasteiger partial charge is 0.205 e. The number of aryl methyl sites for hydroxylation is 2. The van der Waals surface area contributed by atoms with Crippen LogP contribution >= 0.6 is 0 Å². The Morgan fingerprint density at radius 2 is 1.83 bits per heavy atom. The highest BCUT2D eigenvalue weighted by molar-refractivity contribution is 6.40. The van der Waals surface area contributed by atoms with E-state index in [1.54, 1.807) is 6.08 Å². The summed E-state index contributed by atoms with van der Waals surface area (Å²) in [7, 11) is 0. The number of rotatable bonds is 5. The highest BCUT2D eigenvalue weighted by atomic mass is 16.2. The molecule has 18 heavy (non-hydrogen) atoms. The zero-order chi connectivity index (χ0) is 13.7. The van der Waals surface area contributed by atoms with Gasteiger partial charge in [-0.05, 0) is 31.1 Å². The van der Waals surface area contributed by atoms with Crippen molar-refractivity contribution in [3.63, 3.8) is 0 Å². The van der Waals surface area contributed by atoms with Crippen molar-refractivity contribution in [3.8, 4) is 0 Å². The van der Waals surface area contributed by atoms with Gasteiger partial charge in [0.25, 0.3) is 0 Å². The molecule has 0 atom stereocenters. The summed E-state index contributed by atoms with van der Waals surface area (Å²) in [5.41, 5.74) is 3.11. The molecular weight excluding hydrogens is 228 g/mol. The fourth-order valence-corrected chi connectivity index (χ4v) is 1.46. The molecule has 0 aliphatic rings. The third-order valence-corrected chi connectivity index (χ3v) is 2.61. The lowest BCUT2D eigenvalue weighted by atomic mass is 10.0. The molecule has 0 saturated heterocycles. The zero-order valence-electron chi connectivity index (χ0n) is 10.8. The maximum absolute atomic E-state index is 11.5. The molecule has 0 fully saturated rings. The van der Waals surface area contributed by atoms with Crippen molar-refractivity contribution in [2.75, 3.05) is 0 Å². The number of carbonyl (C=O) groups is 3. The summed E-state index contributed by atoms with van der Waals surface area (Å²) in [6, 6.07) is 5.93. The van der Waals surface area contributed by atoms with Crippen molar-refractivity contribution in [1.29, 1.82) is 0 Å². The van der Waals surface area contributed by atoms with Crippen LogP contribution in [-0.2, 0) is 14.4 Å². The van der Waals surface area contributed by atoms with Crippen LogP contribution in [-0.4, -0.2) is 17.3 Å². The Balaban J connectivity index is 2.75. The van der Waals surface area contributed by atoms with E-state index in [9.17, 15) is 14.4 Å². The van der Waals surface area contributed by atoms with Gasteiger partial charge in [0.1, 0.15) is 0 Å². The predicted molar refractivity (Wildman–Crippen MR) is 70.3 cm³/mol. The van der Waals surface area contributed by atoms with Gasteiger partial charge in [-0.25, -0.2) is 0 Å². The molecule has 1 aromatic carbocycles. The van der Waals surface area contributed by atoms with Crippen LogP contribution in [0.4, 0.5) is 0 Å². The molecule has 1 aromatic rings. The van der Waals surface area contributed by atoms with Crippen LogP contribution < -0.4 is 0 Å². The number of hydrogen-bond donors (Lipinski definition) is 0. The number of Topliss-reactive ketones (excluding diaryl/α,β-unsaturated/α-hetero) is 2. The maximum Gasteiger partial charge on any atom is 0.205 e. The average molecular weight is 244 g/mol. The van der Waals surface area contributed by atoms with Gasteiger partial charge in [-0.2, -0.15) is 0 Å². The van der Waals surface area contributed by atoms with Gasteiger partial charge in [-0.3, -0.25) is 14.4 Å². The van der Waals surface area contributed by atoms with Crippen LogP contribution in [0.25, 0.3) is 6.08 Å². The van der Waals surface area contributed by atoms with E-state index in [2.05, 4.69) is 0 Å². The van der Waals surface area contributed by atoms with Crippen LogP contribution in [0.15, 0.2) is 24.3 Å². The third kappa shape index (κ3) is 4.09. The molecular formula is C15H16O3. The topological polar surface area (TPSA) is 51.2 Å². The molecule has 0 N–H and O–H groups in total. The van der Waals surface area contributed by atoms with E-state index in [0.717, 1.165) is 16.7 Å². The van der Waals surface area contributed by atoms with Gasteiger partial charge < -0.3 is 0 Å². The lowest BCUT2D eigenvalue weighted by Crippen LogP contribution is -2.13. The van der Waals surface area contributed by atoms with Gasteiger partial charge in [0, 0.05) is 6.92 Å². The van der Waals surface area contributed by atoms with E-state index in [1.807, 2.05) is 32.0 Å². The normalized spacial score (nSPS) is 10.6. The first-order valence-corrected chi connectivity index (χ1v) is 5.72. The Bertz CT molecular complexity index is 525. The first kappa shape index (κ1) is 14.0. The van der Waals surface area contributed by atoms with Crippen LogP contribution in [0.2, 0.25) is 0 Å². The minimum atomic E-state index is -0.648.